The zero-order valence-corrected chi connectivity index (χ0v) is 11.0. The average Bonchev–Trinajstić information content (AvgIpc) is 2.46. The molecule has 2 rings (SSSR count). The van der Waals surface area contributed by atoms with Gasteiger partial charge in [-0.3, -0.25) is 0 Å². The Kier molecular flexibility index (Phi) is 5.23. The quantitative estimate of drug-likeness (QED) is 0.848. The van der Waals surface area contributed by atoms with Crippen molar-refractivity contribution in [3.8, 4) is 17.6 Å². The summed E-state index contributed by atoms with van der Waals surface area (Å²) in [5, 5.41) is 8.65. The first-order valence-corrected chi connectivity index (χ1v) is 6.81. The highest BCUT2D eigenvalue weighted by molar-refractivity contribution is 5.40. The van der Waals surface area contributed by atoms with Gasteiger partial charge in [0.25, 0.3) is 0 Å². The number of hydrogen-bond donors (Lipinski definition) is 1. The third-order valence-electron chi connectivity index (χ3n) is 3.44. The van der Waals surface area contributed by atoms with E-state index in [9.17, 15) is 4.39 Å². The third kappa shape index (κ3) is 4.25. The van der Waals surface area contributed by atoms with Crippen molar-refractivity contribution in [3.63, 3.8) is 0 Å². The van der Waals surface area contributed by atoms with E-state index < -0.39 is 0 Å². The van der Waals surface area contributed by atoms with Gasteiger partial charge in [0.05, 0.1) is 6.61 Å². The van der Waals surface area contributed by atoms with E-state index in [1.807, 2.05) is 0 Å². The highest BCUT2D eigenvalue weighted by atomic mass is 19.1. The van der Waals surface area contributed by atoms with E-state index in [0.717, 1.165) is 0 Å². The summed E-state index contributed by atoms with van der Waals surface area (Å²) < 4.78 is 19.2. The van der Waals surface area contributed by atoms with Crippen molar-refractivity contribution in [2.24, 2.45) is 5.92 Å². The molecule has 1 aliphatic carbocycles. The standard InChI is InChI=1S/C16H19FO2/c17-15-9-8-13(7-4-10-18)11-16(15)19-12-14-5-2-1-3-6-14/h8-9,11,14,18H,1-3,5-6,10,12H2. The molecular weight excluding hydrogens is 243 g/mol. The molecule has 1 fully saturated rings. The first-order chi connectivity index (χ1) is 9.29. The first-order valence-electron chi connectivity index (χ1n) is 6.81. The van der Waals surface area contributed by atoms with Gasteiger partial charge in [-0.1, -0.05) is 31.1 Å². The third-order valence-corrected chi connectivity index (χ3v) is 3.44. The van der Waals surface area contributed by atoms with Crippen molar-refractivity contribution in [2.75, 3.05) is 13.2 Å². The molecule has 1 N–H and O–H groups in total. The molecule has 1 aliphatic rings. The lowest BCUT2D eigenvalue weighted by Crippen LogP contribution is -2.15. The number of hydrogen-bond acceptors (Lipinski definition) is 2. The van der Waals surface area contributed by atoms with E-state index >= 15 is 0 Å². The molecule has 0 unspecified atom stereocenters. The van der Waals surface area contributed by atoms with Crippen LogP contribution in [0.4, 0.5) is 4.39 Å². The van der Waals surface area contributed by atoms with Gasteiger partial charge in [-0.15, -0.1) is 0 Å². The van der Waals surface area contributed by atoms with Gasteiger partial charge in [0.15, 0.2) is 11.6 Å². The molecule has 102 valence electrons. The van der Waals surface area contributed by atoms with E-state index in [1.54, 1.807) is 12.1 Å². The highest BCUT2D eigenvalue weighted by Gasteiger charge is 2.15. The summed E-state index contributed by atoms with van der Waals surface area (Å²) in [4.78, 5) is 0. The number of aliphatic hydroxyl groups is 1. The molecule has 0 amide bonds. The maximum atomic E-state index is 13.6. The van der Waals surface area contributed by atoms with Gasteiger partial charge in [-0.25, -0.2) is 4.39 Å². The molecule has 0 aliphatic heterocycles. The molecule has 0 heterocycles. The van der Waals surface area contributed by atoms with Crippen LogP contribution >= 0.6 is 0 Å². The molecule has 0 saturated heterocycles. The fourth-order valence-corrected chi connectivity index (χ4v) is 2.39. The average molecular weight is 262 g/mol. The lowest BCUT2D eigenvalue weighted by molar-refractivity contribution is 0.202. The van der Waals surface area contributed by atoms with Crippen LogP contribution in [0.25, 0.3) is 0 Å². The normalized spacial score (nSPS) is 15.7. The maximum Gasteiger partial charge on any atom is 0.165 e. The van der Waals surface area contributed by atoms with Crippen molar-refractivity contribution >= 4 is 0 Å². The van der Waals surface area contributed by atoms with E-state index in [2.05, 4.69) is 11.8 Å². The van der Waals surface area contributed by atoms with E-state index in [4.69, 9.17) is 9.84 Å². The number of rotatable bonds is 3. The zero-order chi connectivity index (χ0) is 13.5. The molecule has 0 bridgehead atoms. The zero-order valence-electron chi connectivity index (χ0n) is 11.0. The van der Waals surface area contributed by atoms with Crippen LogP contribution in [-0.4, -0.2) is 18.3 Å². The topological polar surface area (TPSA) is 29.5 Å². The largest absolute Gasteiger partial charge is 0.490 e. The van der Waals surface area contributed by atoms with E-state index in [0.29, 0.717) is 18.1 Å². The molecule has 1 aromatic rings. The predicted molar refractivity (Wildman–Crippen MR) is 72.4 cm³/mol. The monoisotopic (exact) mass is 262 g/mol. The summed E-state index contributed by atoms with van der Waals surface area (Å²) in [5.74, 6) is 5.74. The van der Waals surface area contributed by atoms with Crippen molar-refractivity contribution in [1.29, 1.82) is 0 Å². The van der Waals surface area contributed by atoms with Crippen LogP contribution in [0.15, 0.2) is 18.2 Å². The Morgan fingerprint density at radius 2 is 2.05 bits per heavy atom. The molecular formula is C16H19FO2. The van der Waals surface area contributed by atoms with Crippen molar-refractivity contribution in [2.45, 2.75) is 32.1 Å². The Morgan fingerprint density at radius 3 is 2.79 bits per heavy atom. The Bertz CT molecular complexity index is 467. The highest BCUT2D eigenvalue weighted by Crippen LogP contribution is 2.25. The van der Waals surface area contributed by atoms with Crippen molar-refractivity contribution in [1.82, 2.24) is 0 Å². The second kappa shape index (κ2) is 7.16. The summed E-state index contributed by atoms with van der Waals surface area (Å²) in [7, 11) is 0. The molecule has 1 aromatic carbocycles. The summed E-state index contributed by atoms with van der Waals surface area (Å²) in [5.41, 5.74) is 0.661. The Morgan fingerprint density at radius 1 is 1.26 bits per heavy atom. The molecule has 2 nitrogen and oxygen atoms in total. The number of halogens is 1. The van der Waals surface area contributed by atoms with Crippen LogP contribution < -0.4 is 4.74 Å². The molecule has 0 radical (unpaired) electrons. The molecule has 0 aromatic heterocycles. The first kappa shape index (κ1) is 13.9. The van der Waals surface area contributed by atoms with Gasteiger partial charge in [-0.05, 0) is 37.0 Å². The minimum Gasteiger partial charge on any atom is -0.490 e. The van der Waals surface area contributed by atoms with Gasteiger partial charge in [0.2, 0.25) is 0 Å². The summed E-state index contributed by atoms with van der Waals surface area (Å²) in [6.45, 7) is 0.378. The fourth-order valence-electron chi connectivity index (χ4n) is 2.39. The van der Waals surface area contributed by atoms with Crippen molar-refractivity contribution in [3.05, 3.63) is 29.6 Å². The number of ether oxygens (including phenoxy) is 1. The second-order valence-corrected chi connectivity index (χ2v) is 4.92. The van der Waals surface area contributed by atoms with Gasteiger partial charge >= 0.3 is 0 Å². The van der Waals surface area contributed by atoms with Gasteiger partial charge in [0.1, 0.15) is 6.61 Å². The predicted octanol–water partition coefficient (Wildman–Crippen LogP) is 3.13. The molecule has 19 heavy (non-hydrogen) atoms. The van der Waals surface area contributed by atoms with Crippen LogP contribution in [0.3, 0.4) is 0 Å². The smallest absolute Gasteiger partial charge is 0.165 e. The van der Waals surface area contributed by atoms with Crippen LogP contribution in [-0.2, 0) is 0 Å². The Balaban J connectivity index is 1.98. The number of aliphatic hydroxyl groups excluding tert-OH is 1. The maximum absolute atomic E-state index is 13.6. The summed E-state index contributed by atoms with van der Waals surface area (Å²) >= 11 is 0. The minimum atomic E-state index is -0.356. The molecule has 0 spiro atoms. The minimum absolute atomic E-state index is 0.199. The lowest BCUT2D eigenvalue weighted by Gasteiger charge is -2.21. The van der Waals surface area contributed by atoms with Crippen LogP contribution in [0.1, 0.15) is 37.7 Å². The number of benzene rings is 1. The van der Waals surface area contributed by atoms with Crippen molar-refractivity contribution < 1.29 is 14.2 Å². The molecule has 1 saturated carbocycles. The van der Waals surface area contributed by atoms with Gasteiger partial charge in [0, 0.05) is 5.56 Å². The summed E-state index contributed by atoms with van der Waals surface area (Å²) in [6.07, 6.45) is 6.14. The second-order valence-electron chi connectivity index (χ2n) is 4.92. The van der Waals surface area contributed by atoms with Gasteiger partial charge < -0.3 is 9.84 Å². The molecule has 0 atom stereocenters. The lowest BCUT2D eigenvalue weighted by atomic mass is 9.90. The van der Waals surface area contributed by atoms with E-state index in [-0.39, 0.29) is 18.2 Å². The van der Waals surface area contributed by atoms with E-state index in [1.165, 1.54) is 38.2 Å². The Labute approximate surface area is 113 Å². The van der Waals surface area contributed by atoms with Gasteiger partial charge in [-0.2, -0.15) is 0 Å². The molecule has 3 heteroatoms. The van der Waals surface area contributed by atoms with Crippen LogP contribution in [0, 0.1) is 23.6 Å². The Hall–Kier alpha value is -1.53. The SMILES string of the molecule is OCC#Cc1ccc(F)c(OCC2CCCCC2)c1. The van der Waals surface area contributed by atoms with Crippen LogP contribution in [0.2, 0.25) is 0 Å². The summed E-state index contributed by atoms with van der Waals surface area (Å²) in [6, 6.07) is 4.55. The fraction of sp³-hybridized carbons (Fsp3) is 0.500. The van der Waals surface area contributed by atoms with Crippen LogP contribution in [0.5, 0.6) is 5.75 Å².